The van der Waals surface area contributed by atoms with Crippen molar-refractivity contribution < 1.29 is 4.43 Å². The minimum atomic E-state index is -0.503. The van der Waals surface area contributed by atoms with E-state index in [1.165, 1.54) is 55.9 Å². The second kappa shape index (κ2) is 11.0. The van der Waals surface area contributed by atoms with Crippen molar-refractivity contribution in [3.05, 3.63) is 42.1 Å². The van der Waals surface area contributed by atoms with Crippen molar-refractivity contribution in [3.8, 4) is 0 Å². The van der Waals surface area contributed by atoms with E-state index >= 15 is 0 Å². The molecular weight excluding hydrogens is 346 g/mol. The molecule has 2 aromatic rings. The Morgan fingerprint density at radius 1 is 0.963 bits per heavy atom. The van der Waals surface area contributed by atoms with Crippen LogP contribution in [-0.4, -0.2) is 20.6 Å². The zero-order valence-corrected chi connectivity index (χ0v) is 19.1. The third-order valence-electron chi connectivity index (χ3n) is 5.36. The first kappa shape index (κ1) is 22.1. The minimum Gasteiger partial charge on any atom is -0.417 e. The fourth-order valence-corrected chi connectivity index (χ4v) is 4.39. The van der Waals surface area contributed by atoms with Crippen LogP contribution in [0.15, 0.2) is 36.5 Å². The number of rotatable bonds is 11. The molecule has 2 nitrogen and oxygen atoms in total. The molecule has 1 aromatic heterocycles. The van der Waals surface area contributed by atoms with E-state index in [2.05, 4.69) is 63.1 Å². The first-order valence-corrected chi connectivity index (χ1v) is 13.1. The van der Waals surface area contributed by atoms with Gasteiger partial charge in [-0.05, 0) is 55.0 Å². The van der Waals surface area contributed by atoms with Crippen molar-refractivity contribution in [1.29, 1.82) is 0 Å². The molecule has 2 rings (SSSR count). The Balaban J connectivity index is 1.79. The predicted octanol–water partition coefficient (Wildman–Crippen LogP) is 7.36. The molecule has 0 aliphatic heterocycles. The maximum Gasteiger partial charge on any atom is 0.204 e. The summed E-state index contributed by atoms with van der Waals surface area (Å²) in [6.07, 6.45) is 11.1. The molecule has 1 heterocycles. The van der Waals surface area contributed by atoms with Crippen LogP contribution in [0.4, 0.5) is 0 Å². The van der Waals surface area contributed by atoms with Gasteiger partial charge in [-0.2, -0.15) is 0 Å². The van der Waals surface area contributed by atoms with Gasteiger partial charge in [0.25, 0.3) is 0 Å². The number of nitrogens with zero attached hydrogens (tertiary/aromatic N) is 1. The molecule has 0 N–H and O–H groups in total. The Morgan fingerprint density at radius 3 is 2.37 bits per heavy atom. The topological polar surface area (TPSA) is 22.1 Å². The number of unbranched alkanes of at least 4 members (excludes halogenated alkanes) is 5. The second-order valence-electron chi connectivity index (χ2n) is 9.04. The number of aromatic nitrogens is 1. The Morgan fingerprint density at radius 2 is 1.67 bits per heavy atom. The summed E-state index contributed by atoms with van der Waals surface area (Å²) in [6.45, 7) is 12.5. The highest BCUT2D eigenvalue weighted by molar-refractivity contribution is 6.48. The van der Waals surface area contributed by atoms with Gasteiger partial charge in [0.05, 0.1) is 5.52 Å². The van der Waals surface area contributed by atoms with Crippen molar-refractivity contribution in [2.45, 2.75) is 84.7 Å². The van der Waals surface area contributed by atoms with Crippen LogP contribution >= 0.6 is 0 Å². The molecule has 0 aliphatic rings. The van der Waals surface area contributed by atoms with E-state index < -0.39 is 9.04 Å². The minimum absolute atomic E-state index is 0.277. The van der Waals surface area contributed by atoms with Crippen LogP contribution in [0.1, 0.15) is 77.2 Å². The van der Waals surface area contributed by atoms with Crippen LogP contribution in [-0.2, 0) is 4.43 Å². The van der Waals surface area contributed by atoms with Crippen molar-refractivity contribution in [3.63, 3.8) is 0 Å². The molecule has 3 heteroatoms. The SMILES string of the molecule is C[Si](C)OCCCCCCCCC(c1ccc2cccnc2c1)C(C)(C)C. The van der Waals surface area contributed by atoms with Crippen molar-refractivity contribution >= 4 is 19.9 Å². The van der Waals surface area contributed by atoms with E-state index in [-0.39, 0.29) is 5.41 Å². The van der Waals surface area contributed by atoms with E-state index in [1.807, 2.05) is 12.3 Å². The van der Waals surface area contributed by atoms with Gasteiger partial charge in [0.15, 0.2) is 0 Å². The second-order valence-corrected chi connectivity index (χ2v) is 11.1. The molecule has 1 aromatic carbocycles. The summed E-state index contributed by atoms with van der Waals surface area (Å²) >= 11 is 0. The summed E-state index contributed by atoms with van der Waals surface area (Å²) in [7, 11) is -0.503. The standard InChI is InChI=1S/C24H38NOSi/c1-24(2,3)22(14-10-8-6-7-9-11-18-26-27(4)5)21-16-15-20-13-12-17-25-23(20)19-21/h12-13,15-17,19,22H,6-11,14,18H2,1-5H3. The molecule has 0 spiro atoms. The van der Waals surface area contributed by atoms with Gasteiger partial charge in [-0.1, -0.05) is 71.1 Å². The van der Waals surface area contributed by atoms with Crippen molar-refractivity contribution in [2.75, 3.05) is 6.61 Å². The molecule has 149 valence electrons. The maximum atomic E-state index is 5.71. The number of hydrogen-bond donors (Lipinski definition) is 0. The molecule has 0 saturated carbocycles. The van der Waals surface area contributed by atoms with E-state index in [9.17, 15) is 0 Å². The number of hydrogen-bond acceptors (Lipinski definition) is 2. The van der Waals surface area contributed by atoms with Gasteiger partial charge < -0.3 is 4.43 Å². The third kappa shape index (κ3) is 7.75. The lowest BCUT2D eigenvalue weighted by Crippen LogP contribution is -2.18. The Bertz CT molecular complexity index is 677. The van der Waals surface area contributed by atoms with E-state index in [4.69, 9.17) is 4.43 Å². The fourth-order valence-electron chi connectivity index (χ4n) is 3.83. The summed E-state index contributed by atoms with van der Waals surface area (Å²) < 4.78 is 5.71. The Hall–Kier alpha value is -1.19. The van der Waals surface area contributed by atoms with E-state index in [1.54, 1.807) is 0 Å². The van der Waals surface area contributed by atoms with Crippen LogP contribution in [0.3, 0.4) is 0 Å². The van der Waals surface area contributed by atoms with Gasteiger partial charge in [-0.3, -0.25) is 4.98 Å². The Kier molecular flexibility index (Phi) is 8.98. The molecule has 0 aliphatic carbocycles. The largest absolute Gasteiger partial charge is 0.417 e. The Labute approximate surface area is 168 Å². The lowest BCUT2D eigenvalue weighted by atomic mass is 9.73. The van der Waals surface area contributed by atoms with Crippen LogP contribution in [0.5, 0.6) is 0 Å². The van der Waals surface area contributed by atoms with Crippen LogP contribution in [0, 0.1) is 5.41 Å². The van der Waals surface area contributed by atoms with Gasteiger partial charge in [0, 0.05) is 18.2 Å². The molecular formula is C24H38NOSi. The van der Waals surface area contributed by atoms with Gasteiger partial charge in [-0.15, -0.1) is 0 Å². The molecule has 0 amide bonds. The molecule has 0 bridgehead atoms. The normalized spacial score (nSPS) is 13.4. The first-order chi connectivity index (χ1) is 12.9. The average molecular weight is 385 g/mol. The predicted molar refractivity (Wildman–Crippen MR) is 120 cm³/mol. The fraction of sp³-hybridized carbons (Fsp3) is 0.625. The lowest BCUT2D eigenvalue weighted by Gasteiger charge is -2.31. The van der Waals surface area contributed by atoms with Gasteiger partial charge in [0.2, 0.25) is 9.04 Å². The van der Waals surface area contributed by atoms with Gasteiger partial charge in [-0.25, -0.2) is 0 Å². The molecule has 1 unspecified atom stereocenters. The lowest BCUT2D eigenvalue weighted by molar-refractivity contribution is 0.295. The van der Waals surface area contributed by atoms with Crippen molar-refractivity contribution in [2.24, 2.45) is 5.41 Å². The molecule has 0 fully saturated rings. The van der Waals surface area contributed by atoms with E-state index in [0.29, 0.717) is 5.92 Å². The highest BCUT2D eigenvalue weighted by Crippen LogP contribution is 2.39. The molecule has 0 saturated heterocycles. The summed E-state index contributed by atoms with van der Waals surface area (Å²) in [4.78, 5) is 4.55. The zero-order valence-electron chi connectivity index (χ0n) is 18.1. The van der Waals surface area contributed by atoms with Crippen LogP contribution in [0.25, 0.3) is 10.9 Å². The zero-order chi connectivity index (χ0) is 19.7. The van der Waals surface area contributed by atoms with Crippen LogP contribution < -0.4 is 0 Å². The summed E-state index contributed by atoms with van der Waals surface area (Å²) in [5, 5.41) is 1.23. The number of fused-ring (bicyclic) bond motifs is 1. The first-order valence-electron chi connectivity index (χ1n) is 10.7. The highest BCUT2D eigenvalue weighted by Gasteiger charge is 2.25. The smallest absolute Gasteiger partial charge is 0.204 e. The average Bonchev–Trinajstić information content (AvgIpc) is 2.61. The van der Waals surface area contributed by atoms with Gasteiger partial charge in [0.1, 0.15) is 0 Å². The van der Waals surface area contributed by atoms with Crippen molar-refractivity contribution in [1.82, 2.24) is 4.98 Å². The molecule has 27 heavy (non-hydrogen) atoms. The number of benzene rings is 1. The summed E-state index contributed by atoms with van der Waals surface area (Å²) in [6, 6.07) is 11.0. The maximum absolute atomic E-state index is 5.71. The monoisotopic (exact) mass is 384 g/mol. The number of pyridine rings is 1. The van der Waals surface area contributed by atoms with Gasteiger partial charge >= 0.3 is 0 Å². The van der Waals surface area contributed by atoms with Crippen LogP contribution in [0.2, 0.25) is 13.1 Å². The molecule has 1 radical (unpaired) electrons. The quantitative estimate of drug-likeness (QED) is 0.298. The van der Waals surface area contributed by atoms with E-state index in [0.717, 1.165) is 12.1 Å². The summed E-state index contributed by atoms with van der Waals surface area (Å²) in [5.41, 5.74) is 2.84. The summed E-state index contributed by atoms with van der Waals surface area (Å²) in [5.74, 6) is 0.590. The molecule has 1 atom stereocenters. The highest BCUT2D eigenvalue weighted by atomic mass is 28.3. The third-order valence-corrected chi connectivity index (χ3v) is 6.14.